The number of hydrogen-bond acceptors (Lipinski definition) is 5. The lowest BCUT2D eigenvalue weighted by atomic mass is 10.1. The van der Waals surface area contributed by atoms with Crippen LogP contribution < -0.4 is 10.5 Å². The Morgan fingerprint density at radius 2 is 1.41 bits per heavy atom. The quantitative estimate of drug-likeness (QED) is 0.545. The van der Waals surface area contributed by atoms with E-state index in [1.54, 1.807) is 47.4 Å². The molecule has 5 rings (SSSR count). The summed E-state index contributed by atoms with van der Waals surface area (Å²) in [6, 6.07) is 23.4. The number of amides is 1. The minimum atomic E-state index is -0.257. The van der Waals surface area contributed by atoms with Crippen LogP contribution in [-0.2, 0) is 0 Å². The molecule has 1 N–H and O–H groups in total. The molecule has 0 atom stereocenters. The van der Waals surface area contributed by atoms with Gasteiger partial charge in [-0.3, -0.25) is 9.59 Å². The standard InChI is InChI=1S/C25H22N4O3/c30-22-13-7-6-12-21(22)27-14-16-28(17-15-27)25(32)23-19-10-4-5-11-20(19)24(31)29(26-23)18-8-2-1-3-9-18/h1-13,30H,14-17H2. The second kappa shape index (κ2) is 8.19. The number of fused-ring (bicyclic) bond motifs is 1. The summed E-state index contributed by atoms with van der Waals surface area (Å²) in [5, 5.41) is 15.6. The lowest BCUT2D eigenvalue weighted by Crippen LogP contribution is -2.49. The average Bonchev–Trinajstić information content (AvgIpc) is 2.85. The van der Waals surface area contributed by atoms with Crippen LogP contribution >= 0.6 is 0 Å². The highest BCUT2D eigenvalue weighted by atomic mass is 16.3. The number of carbonyl (C=O) groups excluding carboxylic acids is 1. The molecule has 2 heterocycles. The van der Waals surface area contributed by atoms with Gasteiger partial charge >= 0.3 is 0 Å². The molecule has 1 aromatic heterocycles. The molecule has 160 valence electrons. The van der Waals surface area contributed by atoms with Gasteiger partial charge in [0.1, 0.15) is 5.75 Å². The van der Waals surface area contributed by atoms with Crippen LogP contribution in [0.3, 0.4) is 0 Å². The van der Waals surface area contributed by atoms with Crippen LogP contribution in [0.25, 0.3) is 16.5 Å². The van der Waals surface area contributed by atoms with Gasteiger partial charge in [0.15, 0.2) is 5.69 Å². The van der Waals surface area contributed by atoms with E-state index < -0.39 is 0 Å². The summed E-state index contributed by atoms with van der Waals surface area (Å²) in [6.07, 6.45) is 0. The molecule has 1 aliphatic rings. The third kappa shape index (κ3) is 3.47. The summed E-state index contributed by atoms with van der Waals surface area (Å²) in [5.41, 5.74) is 1.38. The van der Waals surface area contributed by atoms with Gasteiger partial charge in [-0.15, -0.1) is 0 Å². The second-order valence-corrected chi connectivity index (χ2v) is 7.71. The zero-order chi connectivity index (χ0) is 22.1. The molecule has 0 unspecified atom stereocenters. The summed E-state index contributed by atoms with van der Waals surface area (Å²) in [7, 11) is 0. The predicted octanol–water partition coefficient (Wildman–Crippen LogP) is 3.05. The highest BCUT2D eigenvalue weighted by Gasteiger charge is 2.26. The molecule has 0 saturated carbocycles. The van der Waals surface area contributed by atoms with Crippen LogP contribution in [-0.4, -0.2) is 51.9 Å². The van der Waals surface area contributed by atoms with Crippen molar-refractivity contribution in [1.29, 1.82) is 0 Å². The molecule has 1 saturated heterocycles. The first-order chi connectivity index (χ1) is 15.6. The van der Waals surface area contributed by atoms with E-state index in [0.29, 0.717) is 42.6 Å². The minimum absolute atomic E-state index is 0.206. The molecule has 32 heavy (non-hydrogen) atoms. The Labute approximate surface area is 184 Å². The number of aromatic nitrogens is 2. The number of piperazine rings is 1. The first-order valence-electron chi connectivity index (χ1n) is 10.5. The van der Waals surface area contributed by atoms with Crippen LogP contribution in [0.4, 0.5) is 5.69 Å². The molecule has 1 aliphatic heterocycles. The number of rotatable bonds is 3. The van der Waals surface area contributed by atoms with Crippen molar-refractivity contribution in [3.63, 3.8) is 0 Å². The third-order valence-electron chi connectivity index (χ3n) is 5.80. The van der Waals surface area contributed by atoms with Gasteiger partial charge in [-0.05, 0) is 30.3 Å². The van der Waals surface area contributed by atoms with Crippen molar-refractivity contribution >= 4 is 22.4 Å². The number of para-hydroxylation sites is 3. The Morgan fingerprint density at radius 3 is 2.12 bits per heavy atom. The van der Waals surface area contributed by atoms with E-state index in [1.807, 2.05) is 36.4 Å². The van der Waals surface area contributed by atoms with Crippen LogP contribution in [0.5, 0.6) is 5.75 Å². The Kier molecular flexibility index (Phi) is 5.07. The fraction of sp³-hybridized carbons (Fsp3) is 0.160. The number of anilines is 1. The van der Waals surface area contributed by atoms with Gasteiger partial charge in [0.2, 0.25) is 0 Å². The Hall–Kier alpha value is -4.13. The normalized spacial score (nSPS) is 14.0. The molecule has 0 radical (unpaired) electrons. The van der Waals surface area contributed by atoms with Crippen molar-refractivity contribution in [2.75, 3.05) is 31.1 Å². The van der Waals surface area contributed by atoms with Crippen molar-refractivity contribution in [2.45, 2.75) is 0 Å². The van der Waals surface area contributed by atoms with E-state index in [4.69, 9.17) is 0 Å². The van der Waals surface area contributed by atoms with Gasteiger partial charge < -0.3 is 14.9 Å². The van der Waals surface area contributed by atoms with Gasteiger partial charge in [-0.25, -0.2) is 0 Å². The second-order valence-electron chi connectivity index (χ2n) is 7.71. The van der Waals surface area contributed by atoms with Gasteiger partial charge in [0.05, 0.1) is 16.8 Å². The van der Waals surface area contributed by atoms with E-state index >= 15 is 0 Å². The molecule has 4 aromatic rings. The van der Waals surface area contributed by atoms with E-state index in [9.17, 15) is 14.7 Å². The first kappa shape index (κ1) is 19.8. The highest BCUT2D eigenvalue weighted by Crippen LogP contribution is 2.27. The van der Waals surface area contributed by atoms with Crippen LogP contribution in [0, 0.1) is 0 Å². The number of benzene rings is 3. The van der Waals surface area contributed by atoms with Gasteiger partial charge in [-0.2, -0.15) is 9.78 Å². The van der Waals surface area contributed by atoms with Crippen LogP contribution in [0.2, 0.25) is 0 Å². The predicted molar refractivity (Wildman–Crippen MR) is 124 cm³/mol. The lowest BCUT2D eigenvalue weighted by molar-refractivity contribution is 0.0741. The van der Waals surface area contributed by atoms with Gasteiger partial charge in [-0.1, -0.05) is 48.5 Å². The highest BCUT2D eigenvalue weighted by molar-refractivity contribution is 6.05. The average molecular weight is 426 g/mol. The fourth-order valence-corrected chi connectivity index (χ4v) is 4.12. The SMILES string of the molecule is O=C(c1nn(-c2ccccc2)c(=O)c2ccccc12)N1CCN(c2ccccc2O)CC1. The molecule has 7 nitrogen and oxygen atoms in total. The Bertz CT molecular complexity index is 1340. The maximum absolute atomic E-state index is 13.5. The number of phenols is 1. The number of phenolic OH excluding ortho intramolecular Hbond substituents is 1. The Balaban J connectivity index is 1.48. The molecule has 0 spiro atoms. The van der Waals surface area contributed by atoms with Gasteiger partial charge in [0, 0.05) is 31.6 Å². The zero-order valence-corrected chi connectivity index (χ0v) is 17.4. The van der Waals surface area contributed by atoms with E-state index in [1.165, 1.54) is 4.68 Å². The van der Waals surface area contributed by atoms with E-state index in [0.717, 1.165) is 5.69 Å². The number of hydrogen-bond donors (Lipinski definition) is 1. The summed E-state index contributed by atoms with van der Waals surface area (Å²) in [5.74, 6) is 0.0256. The molecule has 1 amide bonds. The molecule has 1 fully saturated rings. The lowest BCUT2D eigenvalue weighted by Gasteiger charge is -2.36. The molecular weight excluding hydrogens is 404 g/mol. The summed E-state index contributed by atoms with van der Waals surface area (Å²) >= 11 is 0. The third-order valence-corrected chi connectivity index (χ3v) is 5.80. The maximum atomic E-state index is 13.5. The van der Waals surface area contributed by atoms with Crippen molar-refractivity contribution < 1.29 is 9.90 Å². The summed E-state index contributed by atoms with van der Waals surface area (Å²) in [4.78, 5) is 30.4. The largest absolute Gasteiger partial charge is 0.506 e. The van der Waals surface area contributed by atoms with Crippen molar-refractivity contribution in [3.8, 4) is 11.4 Å². The summed E-state index contributed by atoms with van der Waals surface area (Å²) < 4.78 is 1.30. The number of nitrogens with zero attached hydrogens (tertiary/aromatic N) is 4. The van der Waals surface area contributed by atoms with Crippen molar-refractivity contribution in [2.24, 2.45) is 0 Å². The molecule has 0 aliphatic carbocycles. The van der Waals surface area contributed by atoms with Gasteiger partial charge in [0.25, 0.3) is 11.5 Å². The van der Waals surface area contributed by atoms with Crippen molar-refractivity contribution in [1.82, 2.24) is 14.7 Å². The minimum Gasteiger partial charge on any atom is -0.506 e. The maximum Gasteiger partial charge on any atom is 0.279 e. The number of aromatic hydroxyl groups is 1. The molecule has 0 bridgehead atoms. The topological polar surface area (TPSA) is 78.7 Å². The van der Waals surface area contributed by atoms with Crippen molar-refractivity contribution in [3.05, 3.63) is 94.9 Å². The first-order valence-corrected chi connectivity index (χ1v) is 10.5. The molecule has 7 heteroatoms. The number of carbonyl (C=O) groups is 1. The molecule has 3 aromatic carbocycles. The zero-order valence-electron chi connectivity index (χ0n) is 17.4. The molecular formula is C25H22N4O3. The fourth-order valence-electron chi connectivity index (χ4n) is 4.12. The smallest absolute Gasteiger partial charge is 0.279 e. The Morgan fingerprint density at radius 1 is 0.781 bits per heavy atom. The van der Waals surface area contributed by atoms with E-state index in [2.05, 4.69) is 10.00 Å². The monoisotopic (exact) mass is 426 g/mol. The van der Waals surface area contributed by atoms with Crippen LogP contribution in [0.15, 0.2) is 83.7 Å². The van der Waals surface area contributed by atoms with Crippen LogP contribution in [0.1, 0.15) is 10.5 Å². The summed E-state index contributed by atoms with van der Waals surface area (Å²) in [6.45, 7) is 2.18. The van der Waals surface area contributed by atoms with E-state index in [-0.39, 0.29) is 22.9 Å².